The van der Waals surface area contributed by atoms with Crippen LogP contribution in [0.2, 0.25) is 0 Å². The highest BCUT2D eigenvalue weighted by atomic mass is 19.1. The number of nitrogens with zero attached hydrogens (tertiary/aromatic N) is 3. The van der Waals surface area contributed by atoms with Crippen molar-refractivity contribution in [2.24, 2.45) is 0 Å². The van der Waals surface area contributed by atoms with E-state index in [2.05, 4.69) is 0 Å². The Morgan fingerprint density at radius 1 is 0.976 bits per heavy atom. The second-order valence-corrected chi connectivity index (χ2v) is 9.01. The van der Waals surface area contributed by atoms with Gasteiger partial charge in [-0.1, -0.05) is 30.3 Å². The summed E-state index contributed by atoms with van der Waals surface area (Å²) in [5.74, 6) is -2.26. The summed E-state index contributed by atoms with van der Waals surface area (Å²) >= 11 is 0. The first kappa shape index (κ1) is 28.9. The molecule has 1 saturated heterocycles. The van der Waals surface area contributed by atoms with Crippen molar-refractivity contribution >= 4 is 23.4 Å². The third kappa shape index (κ3) is 7.30. The molecule has 1 aliphatic rings. The number of nitro groups is 2. The molecule has 14 heteroatoms. The Labute approximate surface area is 232 Å². The third-order valence-corrected chi connectivity index (χ3v) is 6.06. The maximum absolute atomic E-state index is 15.1. The smallest absolute Gasteiger partial charge is 0.410 e. The minimum atomic E-state index is -1.06. The van der Waals surface area contributed by atoms with E-state index in [-0.39, 0.29) is 48.9 Å². The van der Waals surface area contributed by atoms with Gasteiger partial charge in [-0.25, -0.2) is 14.0 Å². The van der Waals surface area contributed by atoms with Crippen LogP contribution in [0.3, 0.4) is 0 Å². The number of esters is 1. The Balaban J connectivity index is 1.48. The van der Waals surface area contributed by atoms with Crippen LogP contribution >= 0.6 is 0 Å². The van der Waals surface area contributed by atoms with E-state index in [1.165, 1.54) is 19.2 Å². The number of carbonyl (C=O) groups excluding carboxylic acids is 2. The highest BCUT2D eigenvalue weighted by Gasteiger charge is 2.35. The fourth-order valence-corrected chi connectivity index (χ4v) is 3.95. The summed E-state index contributed by atoms with van der Waals surface area (Å²) in [6.45, 7) is -0.498. The molecule has 3 aromatic rings. The fourth-order valence-electron chi connectivity index (χ4n) is 3.95. The normalized spacial score (nSPS) is 16.0. The van der Waals surface area contributed by atoms with Crippen LogP contribution in [0.5, 0.6) is 5.75 Å². The van der Waals surface area contributed by atoms with Gasteiger partial charge in [0.05, 0.1) is 41.2 Å². The maximum Gasteiger partial charge on any atom is 0.410 e. The van der Waals surface area contributed by atoms with Crippen LogP contribution in [-0.2, 0) is 27.4 Å². The van der Waals surface area contributed by atoms with Crippen molar-refractivity contribution in [3.8, 4) is 5.75 Å². The topological polar surface area (TPSA) is 161 Å². The lowest BCUT2D eigenvalue weighted by molar-refractivity contribution is -0.385. The molecule has 13 nitrogen and oxygen atoms in total. The highest BCUT2D eigenvalue weighted by molar-refractivity contribution is 5.89. The Hall–Kier alpha value is -5.11. The lowest BCUT2D eigenvalue weighted by atomic mass is 10.1. The number of carbonyl (C=O) groups is 2. The number of ether oxygens (including phenoxy) is 4. The molecule has 0 radical (unpaired) electrons. The molecule has 0 spiro atoms. The van der Waals surface area contributed by atoms with E-state index in [0.717, 1.165) is 28.7 Å². The molecule has 1 aliphatic heterocycles. The Morgan fingerprint density at radius 3 is 2.29 bits per heavy atom. The molecule has 41 heavy (non-hydrogen) atoms. The predicted octanol–water partition coefficient (Wildman–Crippen LogP) is 4.41. The summed E-state index contributed by atoms with van der Waals surface area (Å²) in [7, 11) is 1.38. The summed E-state index contributed by atoms with van der Waals surface area (Å²) in [6, 6.07) is 15.4. The van der Waals surface area contributed by atoms with E-state index in [1.807, 2.05) is 6.07 Å². The summed E-state index contributed by atoms with van der Waals surface area (Å²) < 4.78 is 37.0. The molecule has 1 heterocycles. The Kier molecular flexibility index (Phi) is 9.04. The number of rotatable bonds is 10. The Bertz CT molecular complexity index is 1440. The van der Waals surface area contributed by atoms with Crippen LogP contribution in [0.15, 0.2) is 66.7 Å². The van der Waals surface area contributed by atoms with Gasteiger partial charge < -0.3 is 23.8 Å². The van der Waals surface area contributed by atoms with Gasteiger partial charge in [0.1, 0.15) is 6.61 Å². The quantitative estimate of drug-likeness (QED) is 0.194. The molecule has 0 aromatic heterocycles. The first-order valence-electron chi connectivity index (χ1n) is 12.2. The average molecular weight is 569 g/mol. The predicted molar refractivity (Wildman–Crippen MR) is 139 cm³/mol. The number of hydrogen-bond acceptors (Lipinski definition) is 10. The van der Waals surface area contributed by atoms with Gasteiger partial charge in [0.2, 0.25) is 0 Å². The molecule has 1 amide bonds. The Morgan fingerprint density at radius 2 is 1.63 bits per heavy atom. The number of hydrogen-bond donors (Lipinski definition) is 0. The van der Waals surface area contributed by atoms with Crippen molar-refractivity contribution in [3.05, 3.63) is 109 Å². The maximum atomic E-state index is 15.1. The van der Waals surface area contributed by atoms with Crippen LogP contribution in [0, 0.1) is 26.0 Å². The summed E-state index contributed by atoms with van der Waals surface area (Å²) in [5.41, 5.74) is -0.000657. The third-order valence-electron chi connectivity index (χ3n) is 6.06. The van der Waals surface area contributed by atoms with Gasteiger partial charge in [-0.05, 0) is 17.7 Å². The zero-order chi connectivity index (χ0) is 29.5. The van der Waals surface area contributed by atoms with Crippen molar-refractivity contribution < 1.29 is 42.8 Å². The molecule has 4 rings (SSSR count). The second-order valence-electron chi connectivity index (χ2n) is 9.01. The van der Waals surface area contributed by atoms with Gasteiger partial charge in [-0.15, -0.1) is 0 Å². The van der Waals surface area contributed by atoms with E-state index in [4.69, 9.17) is 18.9 Å². The largest absolute Gasteiger partial charge is 0.481 e. The van der Waals surface area contributed by atoms with E-state index in [9.17, 15) is 29.8 Å². The van der Waals surface area contributed by atoms with Crippen LogP contribution < -0.4 is 4.74 Å². The van der Waals surface area contributed by atoms with Gasteiger partial charge >= 0.3 is 12.1 Å². The van der Waals surface area contributed by atoms with E-state index in [1.54, 1.807) is 24.3 Å². The zero-order valence-electron chi connectivity index (χ0n) is 21.6. The lowest BCUT2D eigenvalue weighted by Gasteiger charge is -2.23. The zero-order valence-corrected chi connectivity index (χ0v) is 21.6. The van der Waals surface area contributed by atoms with Gasteiger partial charge in [0.15, 0.2) is 23.8 Å². The minimum Gasteiger partial charge on any atom is -0.481 e. The molecule has 0 N–H and O–H groups in total. The average Bonchev–Trinajstić information content (AvgIpc) is 3.40. The number of non-ortho nitro benzene ring substituents is 2. The van der Waals surface area contributed by atoms with Gasteiger partial charge in [-0.2, -0.15) is 0 Å². The number of halogens is 1. The number of amides is 1. The van der Waals surface area contributed by atoms with Gasteiger partial charge in [-0.3, -0.25) is 20.2 Å². The van der Waals surface area contributed by atoms with Gasteiger partial charge in [0.25, 0.3) is 11.4 Å². The molecule has 214 valence electrons. The first-order valence-corrected chi connectivity index (χ1v) is 12.2. The fraction of sp³-hybridized carbons (Fsp3) is 0.259. The molecule has 2 atom stereocenters. The molecule has 0 bridgehead atoms. The van der Waals surface area contributed by atoms with E-state index < -0.39 is 45.6 Å². The van der Waals surface area contributed by atoms with Gasteiger partial charge in [0, 0.05) is 30.8 Å². The lowest BCUT2D eigenvalue weighted by Crippen LogP contribution is -2.35. The first-order chi connectivity index (χ1) is 19.6. The molecule has 0 saturated carbocycles. The molecule has 0 aliphatic carbocycles. The summed E-state index contributed by atoms with van der Waals surface area (Å²) in [4.78, 5) is 47.1. The molecular formula is C27H24FN3O10. The standard InChI is InChI=1S/C27H24FN3O10/c1-29(27(33)39-14-17-5-3-2-4-6-17)13-19-11-21(31(36)37)12-22(28)25(19)40-23-15-38-16-24(23)41-26(32)18-7-9-20(10-8-18)30(34)35/h2-12,23-24H,13-16H2,1H3/t23-,24+/m1/s1. The molecule has 1 fully saturated rings. The van der Waals surface area contributed by atoms with E-state index >= 15 is 4.39 Å². The highest BCUT2D eigenvalue weighted by Crippen LogP contribution is 2.32. The monoisotopic (exact) mass is 569 g/mol. The summed E-state index contributed by atoms with van der Waals surface area (Å²) in [6.07, 6.45) is -2.75. The molecular weight excluding hydrogens is 545 g/mol. The number of nitro benzene ring substituents is 2. The van der Waals surface area contributed by atoms with Crippen molar-refractivity contribution in [2.75, 3.05) is 20.3 Å². The summed E-state index contributed by atoms with van der Waals surface area (Å²) in [5, 5.41) is 22.2. The van der Waals surface area contributed by atoms with Crippen LogP contribution in [0.25, 0.3) is 0 Å². The van der Waals surface area contributed by atoms with Crippen LogP contribution in [0.4, 0.5) is 20.6 Å². The SMILES string of the molecule is CN(Cc1cc([N+](=O)[O-])cc(F)c1O[C@@H]1COC[C@@H]1OC(=O)c1ccc([N+](=O)[O-])cc1)C(=O)OCc1ccccc1. The molecule has 3 aromatic carbocycles. The van der Waals surface area contributed by atoms with Crippen molar-refractivity contribution in [1.82, 2.24) is 4.90 Å². The van der Waals surface area contributed by atoms with Crippen molar-refractivity contribution in [2.45, 2.75) is 25.4 Å². The molecule has 0 unspecified atom stereocenters. The second kappa shape index (κ2) is 12.8. The number of benzene rings is 3. The van der Waals surface area contributed by atoms with Crippen LogP contribution in [-0.4, -0.2) is 59.3 Å². The minimum absolute atomic E-state index is 0.0160. The van der Waals surface area contributed by atoms with E-state index in [0.29, 0.717) is 6.07 Å². The van der Waals surface area contributed by atoms with Crippen molar-refractivity contribution in [1.29, 1.82) is 0 Å². The van der Waals surface area contributed by atoms with Crippen LogP contribution in [0.1, 0.15) is 21.5 Å². The van der Waals surface area contributed by atoms with Crippen molar-refractivity contribution in [3.63, 3.8) is 0 Å².